The van der Waals surface area contributed by atoms with Gasteiger partial charge in [0.2, 0.25) is 5.91 Å². The summed E-state index contributed by atoms with van der Waals surface area (Å²) in [4.78, 5) is 20.8. The van der Waals surface area contributed by atoms with E-state index in [-0.39, 0.29) is 18.0 Å². The maximum atomic E-state index is 13.8. The predicted molar refractivity (Wildman–Crippen MR) is 95.8 cm³/mol. The molecule has 1 aromatic carbocycles. The standard InChI is InChI=1S/C19H22F2N4O/c1-14(16-6-5-15(20)12-17(16)21)23-19(26)13-24-8-10-25(11-9-24)18-4-2-3-7-22-18/h2-7,12,14H,8-11,13H2,1H3,(H,23,26)/t14-/m1/s1. The highest BCUT2D eigenvalue weighted by molar-refractivity contribution is 5.78. The van der Waals surface area contributed by atoms with Crippen molar-refractivity contribution in [2.45, 2.75) is 13.0 Å². The van der Waals surface area contributed by atoms with Gasteiger partial charge < -0.3 is 10.2 Å². The number of carbonyl (C=O) groups excluding carboxylic acids is 1. The topological polar surface area (TPSA) is 48.5 Å². The lowest BCUT2D eigenvalue weighted by Crippen LogP contribution is -2.49. The second-order valence-corrected chi connectivity index (χ2v) is 6.41. The van der Waals surface area contributed by atoms with Gasteiger partial charge in [-0.1, -0.05) is 12.1 Å². The minimum Gasteiger partial charge on any atom is -0.354 e. The summed E-state index contributed by atoms with van der Waals surface area (Å²) in [6.45, 7) is 5.04. The molecule has 1 amide bonds. The van der Waals surface area contributed by atoms with E-state index in [1.807, 2.05) is 18.2 Å². The van der Waals surface area contributed by atoms with Gasteiger partial charge in [0.25, 0.3) is 0 Å². The summed E-state index contributed by atoms with van der Waals surface area (Å²) < 4.78 is 26.8. The van der Waals surface area contributed by atoms with Crippen molar-refractivity contribution in [1.82, 2.24) is 15.2 Å². The van der Waals surface area contributed by atoms with Crippen LogP contribution in [0.15, 0.2) is 42.6 Å². The molecule has 3 rings (SSSR count). The lowest BCUT2D eigenvalue weighted by atomic mass is 10.1. The molecule has 1 N–H and O–H groups in total. The van der Waals surface area contributed by atoms with E-state index in [2.05, 4.69) is 20.1 Å². The third kappa shape index (κ3) is 4.54. The van der Waals surface area contributed by atoms with Crippen molar-refractivity contribution in [3.05, 3.63) is 59.8 Å². The number of carbonyl (C=O) groups is 1. The molecule has 1 aliphatic heterocycles. The summed E-state index contributed by atoms with van der Waals surface area (Å²) in [7, 11) is 0. The lowest BCUT2D eigenvalue weighted by Gasteiger charge is -2.35. The van der Waals surface area contributed by atoms with Crippen LogP contribution in [0, 0.1) is 11.6 Å². The van der Waals surface area contributed by atoms with Gasteiger partial charge in [-0.25, -0.2) is 13.8 Å². The Bertz CT molecular complexity index is 748. The molecule has 0 bridgehead atoms. The van der Waals surface area contributed by atoms with Crippen LogP contribution in [0.3, 0.4) is 0 Å². The first kappa shape index (κ1) is 18.3. The fourth-order valence-electron chi connectivity index (χ4n) is 3.10. The Morgan fingerprint density at radius 2 is 1.96 bits per heavy atom. The summed E-state index contributed by atoms with van der Waals surface area (Å²) in [6.07, 6.45) is 1.77. The summed E-state index contributed by atoms with van der Waals surface area (Å²) >= 11 is 0. The van der Waals surface area contributed by atoms with E-state index in [9.17, 15) is 13.6 Å². The van der Waals surface area contributed by atoms with Crippen molar-refractivity contribution in [3.8, 4) is 0 Å². The molecule has 1 saturated heterocycles. The number of piperazine rings is 1. The van der Waals surface area contributed by atoms with Gasteiger partial charge in [-0.15, -0.1) is 0 Å². The van der Waals surface area contributed by atoms with Gasteiger partial charge in [0.15, 0.2) is 0 Å². The highest BCUT2D eigenvalue weighted by atomic mass is 19.1. The van der Waals surface area contributed by atoms with Gasteiger partial charge in [0, 0.05) is 44.0 Å². The molecule has 2 aromatic rings. The number of hydrogen-bond acceptors (Lipinski definition) is 4. The van der Waals surface area contributed by atoms with E-state index in [0.717, 1.165) is 38.1 Å². The molecule has 2 heterocycles. The van der Waals surface area contributed by atoms with Crippen molar-refractivity contribution in [1.29, 1.82) is 0 Å². The number of hydrogen-bond donors (Lipinski definition) is 1. The van der Waals surface area contributed by atoms with Crippen LogP contribution < -0.4 is 10.2 Å². The number of nitrogens with one attached hydrogen (secondary N) is 1. The van der Waals surface area contributed by atoms with Crippen LogP contribution >= 0.6 is 0 Å². The van der Waals surface area contributed by atoms with Crippen LogP contribution in [0.1, 0.15) is 18.5 Å². The first-order valence-corrected chi connectivity index (χ1v) is 8.65. The van der Waals surface area contributed by atoms with Crippen LogP contribution in [0.4, 0.5) is 14.6 Å². The zero-order chi connectivity index (χ0) is 18.5. The molecule has 0 saturated carbocycles. The van der Waals surface area contributed by atoms with E-state index in [0.29, 0.717) is 0 Å². The minimum absolute atomic E-state index is 0.174. The van der Waals surface area contributed by atoms with Gasteiger partial charge in [-0.3, -0.25) is 9.69 Å². The summed E-state index contributed by atoms with van der Waals surface area (Å²) in [5.41, 5.74) is 0.278. The molecule has 1 fully saturated rings. The van der Waals surface area contributed by atoms with Crippen LogP contribution in [0.2, 0.25) is 0 Å². The summed E-state index contributed by atoms with van der Waals surface area (Å²) in [5.74, 6) is -0.512. The minimum atomic E-state index is -0.651. The zero-order valence-electron chi connectivity index (χ0n) is 14.7. The number of amides is 1. The van der Waals surface area contributed by atoms with E-state index in [1.54, 1.807) is 13.1 Å². The van der Waals surface area contributed by atoms with Gasteiger partial charge in [0.1, 0.15) is 17.5 Å². The molecular weight excluding hydrogens is 338 g/mol. The molecule has 138 valence electrons. The van der Waals surface area contributed by atoms with E-state index >= 15 is 0 Å². The van der Waals surface area contributed by atoms with Crippen LogP contribution in [-0.2, 0) is 4.79 Å². The molecule has 1 aromatic heterocycles. The second kappa shape index (κ2) is 8.23. The Morgan fingerprint density at radius 3 is 2.62 bits per heavy atom. The molecule has 5 nitrogen and oxygen atoms in total. The van der Waals surface area contributed by atoms with Crippen LogP contribution in [-0.4, -0.2) is 48.5 Å². The van der Waals surface area contributed by atoms with E-state index in [4.69, 9.17) is 0 Å². The number of nitrogens with zero attached hydrogens (tertiary/aromatic N) is 3. The Morgan fingerprint density at radius 1 is 1.19 bits per heavy atom. The molecule has 1 aliphatic rings. The average molecular weight is 360 g/mol. The Hall–Kier alpha value is -2.54. The second-order valence-electron chi connectivity index (χ2n) is 6.41. The summed E-state index contributed by atoms with van der Waals surface area (Å²) in [5, 5.41) is 2.78. The zero-order valence-corrected chi connectivity index (χ0v) is 14.7. The summed E-state index contributed by atoms with van der Waals surface area (Å²) in [6, 6.07) is 8.68. The van der Waals surface area contributed by atoms with Crippen LogP contribution in [0.5, 0.6) is 0 Å². The molecule has 0 spiro atoms. The lowest BCUT2D eigenvalue weighted by molar-refractivity contribution is -0.123. The Kier molecular flexibility index (Phi) is 5.78. The molecule has 7 heteroatoms. The number of aromatic nitrogens is 1. The smallest absolute Gasteiger partial charge is 0.234 e. The first-order valence-electron chi connectivity index (χ1n) is 8.65. The Labute approximate surface area is 151 Å². The number of anilines is 1. The van der Waals surface area contributed by atoms with Crippen LogP contribution in [0.25, 0.3) is 0 Å². The van der Waals surface area contributed by atoms with Crippen molar-refractivity contribution in [3.63, 3.8) is 0 Å². The van der Waals surface area contributed by atoms with Crippen molar-refractivity contribution in [2.24, 2.45) is 0 Å². The normalized spacial score (nSPS) is 16.3. The van der Waals surface area contributed by atoms with Gasteiger partial charge in [0.05, 0.1) is 12.6 Å². The molecule has 0 unspecified atom stereocenters. The number of rotatable bonds is 5. The molecular formula is C19H22F2N4O. The Balaban J connectivity index is 1.48. The van der Waals surface area contributed by atoms with Gasteiger partial charge >= 0.3 is 0 Å². The maximum Gasteiger partial charge on any atom is 0.234 e. The molecule has 26 heavy (non-hydrogen) atoms. The van der Waals surface area contributed by atoms with E-state index < -0.39 is 17.7 Å². The predicted octanol–water partition coefficient (Wildman–Crippen LogP) is 2.36. The first-order chi connectivity index (χ1) is 12.5. The monoisotopic (exact) mass is 360 g/mol. The van der Waals surface area contributed by atoms with Gasteiger partial charge in [-0.05, 0) is 25.1 Å². The highest BCUT2D eigenvalue weighted by Gasteiger charge is 2.21. The van der Waals surface area contributed by atoms with E-state index in [1.165, 1.54) is 12.1 Å². The third-order valence-corrected chi connectivity index (χ3v) is 4.52. The SMILES string of the molecule is C[C@@H](NC(=O)CN1CCN(c2ccccn2)CC1)c1ccc(F)cc1F. The highest BCUT2D eigenvalue weighted by Crippen LogP contribution is 2.18. The number of halogens is 2. The third-order valence-electron chi connectivity index (χ3n) is 4.52. The maximum absolute atomic E-state index is 13.8. The van der Waals surface area contributed by atoms with Crippen molar-refractivity contribution in [2.75, 3.05) is 37.6 Å². The van der Waals surface area contributed by atoms with Gasteiger partial charge in [-0.2, -0.15) is 0 Å². The molecule has 0 aliphatic carbocycles. The molecule has 1 atom stereocenters. The number of pyridine rings is 1. The molecule has 0 radical (unpaired) electrons. The quantitative estimate of drug-likeness (QED) is 0.889. The largest absolute Gasteiger partial charge is 0.354 e. The fraction of sp³-hybridized carbons (Fsp3) is 0.368. The number of benzene rings is 1. The fourth-order valence-corrected chi connectivity index (χ4v) is 3.10. The average Bonchev–Trinajstić information content (AvgIpc) is 2.63. The van der Waals surface area contributed by atoms with Crippen molar-refractivity contribution >= 4 is 11.7 Å². The van der Waals surface area contributed by atoms with Crippen molar-refractivity contribution < 1.29 is 13.6 Å².